The summed E-state index contributed by atoms with van der Waals surface area (Å²) < 4.78 is 0. The summed E-state index contributed by atoms with van der Waals surface area (Å²) in [6, 6.07) is 8.67. The van der Waals surface area contributed by atoms with Crippen molar-refractivity contribution >= 4 is 23.3 Å². The Morgan fingerprint density at radius 2 is 2.00 bits per heavy atom. The van der Waals surface area contributed by atoms with Crippen molar-refractivity contribution in [3.05, 3.63) is 42.2 Å². The molecule has 3 rings (SSSR count). The van der Waals surface area contributed by atoms with Gasteiger partial charge in [0.25, 0.3) is 0 Å². The lowest BCUT2D eigenvalue weighted by atomic mass is 9.99. The van der Waals surface area contributed by atoms with E-state index in [-0.39, 0.29) is 5.56 Å². The summed E-state index contributed by atoms with van der Waals surface area (Å²) in [6.45, 7) is 4.25. The van der Waals surface area contributed by atoms with Crippen molar-refractivity contribution in [3.8, 4) is 0 Å². The Kier molecular flexibility index (Phi) is 4.41. The van der Waals surface area contributed by atoms with Crippen molar-refractivity contribution in [2.75, 3.05) is 23.3 Å². The zero-order valence-electron chi connectivity index (χ0n) is 13.1. The van der Waals surface area contributed by atoms with Crippen molar-refractivity contribution in [1.82, 2.24) is 9.97 Å². The molecule has 0 bridgehead atoms. The minimum Gasteiger partial charge on any atom is -0.478 e. The van der Waals surface area contributed by atoms with Gasteiger partial charge in [-0.1, -0.05) is 19.1 Å². The lowest BCUT2D eigenvalue weighted by Gasteiger charge is -2.31. The highest BCUT2D eigenvalue weighted by Gasteiger charge is 2.17. The monoisotopic (exact) mass is 312 g/mol. The van der Waals surface area contributed by atoms with Crippen LogP contribution in [0.1, 0.15) is 30.1 Å². The summed E-state index contributed by atoms with van der Waals surface area (Å²) in [7, 11) is 0. The molecule has 1 aliphatic rings. The highest BCUT2D eigenvalue weighted by Crippen LogP contribution is 2.24. The van der Waals surface area contributed by atoms with Crippen LogP contribution < -0.4 is 10.2 Å². The van der Waals surface area contributed by atoms with Crippen LogP contribution in [0, 0.1) is 5.92 Å². The number of hydrogen-bond donors (Lipinski definition) is 2. The van der Waals surface area contributed by atoms with Gasteiger partial charge < -0.3 is 15.3 Å². The van der Waals surface area contributed by atoms with Crippen molar-refractivity contribution in [1.29, 1.82) is 0 Å². The second-order valence-corrected chi connectivity index (χ2v) is 5.91. The van der Waals surface area contributed by atoms with Gasteiger partial charge in [-0.25, -0.2) is 14.8 Å². The lowest BCUT2D eigenvalue weighted by Crippen LogP contribution is -2.33. The summed E-state index contributed by atoms with van der Waals surface area (Å²) in [5.74, 6) is 1.27. The van der Waals surface area contributed by atoms with Crippen LogP contribution >= 0.6 is 0 Å². The van der Waals surface area contributed by atoms with Crippen molar-refractivity contribution < 1.29 is 9.90 Å². The van der Waals surface area contributed by atoms with E-state index >= 15 is 0 Å². The van der Waals surface area contributed by atoms with Crippen LogP contribution in [0.4, 0.5) is 17.3 Å². The van der Waals surface area contributed by atoms with E-state index in [4.69, 9.17) is 0 Å². The predicted molar refractivity (Wildman–Crippen MR) is 89.3 cm³/mol. The molecule has 2 aromatic rings. The standard InChI is InChI=1S/C17H20N4O2/c1-12-6-8-21(9-7-12)16-10-15(18-11-19-16)20-14-5-3-2-4-13(14)17(22)23/h2-5,10-12H,6-9H2,1H3,(H,22,23)(H,18,19,20). The molecule has 6 heteroatoms. The van der Waals surface area contributed by atoms with E-state index in [0.29, 0.717) is 11.5 Å². The summed E-state index contributed by atoms with van der Waals surface area (Å²) in [4.78, 5) is 22.1. The molecule has 2 heterocycles. The van der Waals surface area contributed by atoms with Gasteiger partial charge in [0.2, 0.25) is 0 Å². The second kappa shape index (κ2) is 6.64. The van der Waals surface area contributed by atoms with Gasteiger partial charge in [0.05, 0.1) is 11.3 Å². The molecule has 1 aromatic carbocycles. The molecule has 0 aliphatic carbocycles. The molecular formula is C17H20N4O2. The highest BCUT2D eigenvalue weighted by molar-refractivity contribution is 5.95. The number of benzene rings is 1. The molecule has 6 nitrogen and oxygen atoms in total. The molecule has 23 heavy (non-hydrogen) atoms. The normalized spacial score (nSPS) is 15.4. The van der Waals surface area contributed by atoms with Crippen molar-refractivity contribution in [2.45, 2.75) is 19.8 Å². The number of hydrogen-bond acceptors (Lipinski definition) is 5. The first kappa shape index (κ1) is 15.3. The number of nitrogens with one attached hydrogen (secondary N) is 1. The molecule has 0 atom stereocenters. The minimum absolute atomic E-state index is 0.222. The summed E-state index contributed by atoms with van der Waals surface area (Å²) in [5.41, 5.74) is 0.747. The van der Waals surface area contributed by atoms with Crippen LogP contribution in [0.25, 0.3) is 0 Å². The first-order valence-corrected chi connectivity index (χ1v) is 7.80. The van der Waals surface area contributed by atoms with E-state index in [1.165, 1.54) is 6.33 Å². The molecule has 0 saturated carbocycles. The number of carboxylic acid groups (broad SMARTS) is 1. The Morgan fingerprint density at radius 1 is 1.26 bits per heavy atom. The number of para-hydroxylation sites is 1. The average Bonchev–Trinajstić information content (AvgIpc) is 2.56. The van der Waals surface area contributed by atoms with E-state index in [0.717, 1.165) is 37.7 Å². The molecule has 0 spiro atoms. The predicted octanol–water partition coefficient (Wildman–Crippen LogP) is 3.15. The van der Waals surface area contributed by atoms with Crippen LogP contribution in [0.5, 0.6) is 0 Å². The largest absolute Gasteiger partial charge is 0.478 e. The zero-order chi connectivity index (χ0) is 16.2. The van der Waals surface area contributed by atoms with E-state index in [2.05, 4.69) is 27.1 Å². The Balaban J connectivity index is 1.79. The third-order valence-electron chi connectivity index (χ3n) is 4.18. The number of aromatic carboxylic acids is 1. The van der Waals surface area contributed by atoms with Gasteiger partial charge in [-0.05, 0) is 30.9 Å². The summed E-state index contributed by atoms with van der Waals surface area (Å²) >= 11 is 0. The van der Waals surface area contributed by atoms with E-state index in [1.807, 2.05) is 6.07 Å². The second-order valence-electron chi connectivity index (χ2n) is 5.91. The zero-order valence-corrected chi connectivity index (χ0v) is 13.1. The van der Waals surface area contributed by atoms with E-state index < -0.39 is 5.97 Å². The van der Waals surface area contributed by atoms with Gasteiger partial charge in [-0.15, -0.1) is 0 Å². The van der Waals surface area contributed by atoms with Gasteiger partial charge in [0, 0.05) is 19.2 Å². The maximum Gasteiger partial charge on any atom is 0.337 e. The first-order chi connectivity index (χ1) is 11.1. The maximum absolute atomic E-state index is 11.3. The molecule has 0 amide bonds. The molecule has 1 aliphatic heterocycles. The van der Waals surface area contributed by atoms with Gasteiger partial charge in [-0.2, -0.15) is 0 Å². The molecule has 1 saturated heterocycles. The van der Waals surface area contributed by atoms with Crippen LogP contribution in [-0.4, -0.2) is 34.1 Å². The number of anilines is 3. The van der Waals surface area contributed by atoms with Gasteiger partial charge in [-0.3, -0.25) is 0 Å². The fraction of sp³-hybridized carbons (Fsp3) is 0.353. The fourth-order valence-electron chi connectivity index (χ4n) is 2.74. The Labute approximate surface area is 135 Å². The maximum atomic E-state index is 11.3. The number of carboxylic acids is 1. The van der Waals surface area contributed by atoms with Crippen LogP contribution in [0.2, 0.25) is 0 Å². The molecule has 120 valence electrons. The number of rotatable bonds is 4. The number of aromatic nitrogens is 2. The van der Waals surface area contributed by atoms with Crippen molar-refractivity contribution in [2.24, 2.45) is 5.92 Å². The average molecular weight is 312 g/mol. The fourth-order valence-corrected chi connectivity index (χ4v) is 2.74. The van der Waals surface area contributed by atoms with Gasteiger partial charge >= 0.3 is 5.97 Å². The Hall–Kier alpha value is -2.63. The molecule has 1 aromatic heterocycles. The highest BCUT2D eigenvalue weighted by atomic mass is 16.4. The SMILES string of the molecule is CC1CCN(c2cc(Nc3ccccc3C(=O)O)ncn2)CC1. The number of nitrogens with zero attached hydrogens (tertiary/aromatic N) is 3. The minimum atomic E-state index is -0.965. The van der Waals surface area contributed by atoms with Crippen molar-refractivity contribution in [3.63, 3.8) is 0 Å². The third-order valence-corrected chi connectivity index (χ3v) is 4.18. The Bertz CT molecular complexity index is 696. The van der Waals surface area contributed by atoms with E-state index in [1.54, 1.807) is 24.3 Å². The molecule has 0 radical (unpaired) electrons. The topological polar surface area (TPSA) is 78.4 Å². The summed E-state index contributed by atoms with van der Waals surface area (Å²) in [5, 5.41) is 12.3. The quantitative estimate of drug-likeness (QED) is 0.903. The van der Waals surface area contributed by atoms with E-state index in [9.17, 15) is 9.90 Å². The van der Waals surface area contributed by atoms with Crippen LogP contribution in [0.15, 0.2) is 36.7 Å². The smallest absolute Gasteiger partial charge is 0.337 e. The molecule has 1 fully saturated rings. The molecule has 2 N–H and O–H groups in total. The molecule has 0 unspecified atom stereocenters. The number of piperidine rings is 1. The van der Waals surface area contributed by atoms with Crippen LogP contribution in [0.3, 0.4) is 0 Å². The number of carbonyl (C=O) groups is 1. The Morgan fingerprint density at radius 3 is 2.74 bits per heavy atom. The summed E-state index contributed by atoms with van der Waals surface area (Å²) in [6.07, 6.45) is 3.84. The molecular weight excluding hydrogens is 292 g/mol. The van der Waals surface area contributed by atoms with Gasteiger partial charge in [0.15, 0.2) is 0 Å². The first-order valence-electron chi connectivity index (χ1n) is 7.80. The lowest BCUT2D eigenvalue weighted by molar-refractivity contribution is 0.0698. The van der Waals surface area contributed by atoms with Crippen LogP contribution in [-0.2, 0) is 0 Å². The third kappa shape index (κ3) is 3.59. The van der Waals surface area contributed by atoms with Gasteiger partial charge in [0.1, 0.15) is 18.0 Å².